The number of hydrogen-bond acceptors (Lipinski definition) is 1. The van der Waals surface area contributed by atoms with Gasteiger partial charge in [-0.2, -0.15) is 0 Å². The maximum Gasteiger partial charge on any atom is 0.182 e. The maximum atomic E-state index is 5.56. The topological polar surface area (TPSA) is 9.23 Å². The van der Waals surface area contributed by atoms with Crippen LogP contribution in [0.2, 0.25) is 0 Å². The minimum atomic E-state index is 0.833. The summed E-state index contributed by atoms with van der Waals surface area (Å²) in [4.78, 5) is 0. The quantitative estimate of drug-likeness (QED) is 0.367. The smallest absolute Gasteiger partial charge is 0.182 e. The highest BCUT2D eigenvalue weighted by Gasteiger charge is 2.10. The molecule has 0 rings (SSSR count). The fraction of sp³-hybridized carbons (Fsp3) is 1.00. The van der Waals surface area contributed by atoms with Gasteiger partial charge in [-0.1, -0.05) is 40.5 Å². The third-order valence-electron chi connectivity index (χ3n) is 2.19. The molecule has 0 atom stereocenters. The number of unbranched alkanes of at least 4 members (excludes halogenated alkanes) is 2. The van der Waals surface area contributed by atoms with Gasteiger partial charge in [-0.3, -0.25) is 0 Å². The third kappa shape index (κ3) is 19.5. The van der Waals surface area contributed by atoms with Crippen molar-refractivity contribution < 1.29 is 9.22 Å². The second-order valence-corrected chi connectivity index (χ2v) is 5.73. The van der Waals surface area contributed by atoms with E-state index < -0.39 is 0 Å². The van der Waals surface area contributed by atoms with E-state index in [4.69, 9.17) is 4.74 Å². The van der Waals surface area contributed by atoms with Gasteiger partial charge in [0.2, 0.25) is 0 Å². The van der Waals surface area contributed by atoms with Crippen molar-refractivity contribution >= 4 is 0 Å². The number of ether oxygens (including phenoxy) is 1. The summed E-state index contributed by atoms with van der Waals surface area (Å²) in [7, 11) is 4.39. The van der Waals surface area contributed by atoms with E-state index in [2.05, 4.69) is 48.7 Å². The summed E-state index contributed by atoms with van der Waals surface area (Å²) in [5.41, 5.74) is 0. The van der Waals surface area contributed by atoms with Crippen LogP contribution in [0.25, 0.3) is 0 Å². The van der Waals surface area contributed by atoms with E-state index in [-0.39, 0.29) is 0 Å². The second kappa shape index (κ2) is 11.4. The van der Waals surface area contributed by atoms with Crippen molar-refractivity contribution in [2.45, 2.75) is 53.9 Å². The van der Waals surface area contributed by atoms with Gasteiger partial charge in [0.1, 0.15) is 0 Å². The minimum Gasteiger partial charge on any atom is -0.332 e. The molecule has 0 aliphatic carbocycles. The van der Waals surface area contributed by atoms with E-state index >= 15 is 0 Å². The zero-order chi connectivity index (χ0) is 13.0. The molecule has 0 saturated heterocycles. The Hall–Kier alpha value is -0.0800. The molecule has 2 nitrogen and oxygen atoms in total. The molecule has 0 N–H and O–H groups in total. The van der Waals surface area contributed by atoms with Crippen LogP contribution in [0.15, 0.2) is 0 Å². The van der Waals surface area contributed by atoms with E-state index in [1.54, 1.807) is 0 Å². The van der Waals surface area contributed by atoms with Gasteiger partial charge in [-0.05, 0) is 19.3 Å². The Morgan fingerprint density at radius 1 is 1.00 bits per heavy atom. The Bertz CT molecular complexity index is 130. The van der Waals surface area contributed by atoms with Gasteiger partial charge in [-0.25, -0.2) is 0 Å². The van der Waals surface area contributed by atoms with Crippen LogP contribution >= 0.6 is 0 Å². The number of quaternary nitrogens is 1. The average Bonchev–Trinajstić information content (AvgIpc) is 2.17. The number of nitrogens with zero attached hydrogens (tertiary/aromatic N) is 1. The van der Waals surface area contributed by atoms with E-state index in [1.807, 2.05) is 0 Å². The van der Waals surface area contributed by atoms with E-state index in [1.165, 1.54) is 19.3 Å². The van der Waals surface area contributed by atoms with Crippen molar-refractivity contribution in [2.24, 2.45) is 5.92 Å². The summed E-state index contributed by atoms with van der Waals surface area (Å²) >= 11 is 0. The summed E-state index contributed by atoms with van der Waals surface area (Å²) in [6.45, 7) is 13.8. The fourth-order valence-corrected chi connectivity index (χ4v) is 0.857. The highest BCUT2D eigenvalue weighted by Crippen LogP contribution is 1.99. The van der Waals surface area contributed by atoms with Gasteiger partial charge in [0.25, 0.3) is 0 Å². The first-order valence-electron chi connectivity index (χ1n) is 6.75. The Labute approximate surface area is 104 Å². The van der Waals surface area contributed by atoms with Gasteiger partial charge < -0.3 is 9.22 Å². The van der Waals surface area contributed by atoms with E-state index in [0.717, 1.165) is 30.3 Å². The molecular weight excluding hydrogens is 198 g/mol. The van der Waals surface area contributed by atoms with Gasteiger partial charge in [0.05, 0.1) is 27.2 Å². The van der Waals surface area contributed by atoms with Gasteiger partial charge in [0, 0.05) is 0 Å². The van der Waals surface area contributed by atoms with Crippen LogP contribution in [0.3, 0.4) is 0 Å². The second-order valence-electron chi connectivity index (χ2n) is 5.73. The average molecular weight is 232 g/mol. The molecule has 0 bridgehead atoms. The van der Waals surface area contributed by atoms with Crippen LogP contribution < -0.4 is 0 Å². The molecule has 0 aromatic carbocycles. The molecular formula is C14H34NO+. The van der Waals surface area contributed by atoms with Crippen molar-refractivity contribution in [3.63, 3.8) is 0 Å². The molecule has 0 amide bonds. The van der Waals surface area contributed by atoms with E-state index in [9.17, 15) is 0 Å². The number of rotatable bonds is 7. The highest BCUT2D eigenvalue weighted by molar-refractivity contribution is 4.34. The van der Waals surface area contributed by atoms with Crippen LogP contribution in [0, 0.1) is 5.92 Å². The molecule has 0 saturated carbocycles. The van der Waals surface area contributed by atoms with Crippen LogP contribution in [0.4, 0.5) is 0 Å². The lowest BCUT2D eigenvalue weighted by molar-refractivity contribution is -0.908. The van der Waals surface area contributed by atoms with Crippen molar-refractivity contribution in [1.82, 2.24) is 0 Å². The Morgan fingerprint density at radius 2 is 1.50 bits per heavy atom. The van der Waals surface area contributed by atoms with Crippen molar-refractivity contribution in [3.05, 3.63) is 0 Å². The van der Waals surface area contributed by atoms with Crippen molar-refractivity contribution in [3.8, 4) is 0 Å². The summed E-state index contributed by atoms with van der Waals surface area (Å²) in [6.07, 6.45) is 3.77. The molecule has 2 heteroatoms. The molecule has 0 radical (unpaired) electrons. The zero-order valence-electron chi connectivity index (χ0n) is 12.7. The highest BCUT2D eigenvalue weighted by atomic mass is 16.5. The first-order chi connectivity index (χ1) is 7.35. The van der Waals surface area contributed by atoms with Gasteiger partial charge in [-0.15, -0.1) is 0 Å². The summed E-state index contributed by atoms with van der Waals surface area (Å²) in [6, 6.07) is 0. The molecule has 0 aromatic heterocycles. The number of hydrogen-bond donors (Lipinski definition) is 0. The lowest BCUT2D eigenvalue weighted by atomic mass is 10.3. The molecule has 0 aliphatic rings. The van der Waals surface area contributed by atoms with E-state index in [0.29, 0.717) is 0 Å². The first-order valence-corrected chi connectivity index (χ1v) is 6.75. The molecule has 16 heavy (non-hydrogen) atoms. The predicted octanol–water partition coefficient (Wildman–Crippen LogP) is 3.91. The molecule has 100 valence electrons. The summed E-state index contributed by atoms with van der Waals surface area (Å²) in [5, 5.41) is 0. The SMILES string of the molecule is CC(C)C.CCCCCOC[N+](C)(C)CC. The zero-order valence-corrected chi connectivity index (χ0v) is 12.7. The summed E-state index contributed by atoms with van der Waals surface area (Å²) in [5.74, 6) is 0.833. The van der Waals surface area contributed by atoms with Gasteiger partial charge >= 0.3 is 0 Å². The Morgan fingerprint density at radius 3 is 1.88 bits per heavy atom. The monoisotopic (exact) mass is 232 g/mol. The molecule has 0 aliphatic heterocycles. The molecule has 0 spiro atoms. The van der Waals surface area contributed by atoms with Crippen molar-refractivity contribution in [1.29, 1.82) is 0 Å². The lowest BCUT2D eigenvalue weighted by Crippen LogP contribution is -2.41. The Balaban J connectivity index is 0. The van der Waals surface area contributed by atoms with Crippen LogP contribution in [0.1, 0.15) is 53.9 Å². The third-order valence-corrected chi connectivity index (χ3v) is 2.19. The predicted molar refractivity (Wildman–Crippen MR) is 73.5 cm³/mol. The first kappa shape index (κ1) is 18.3. The van der Waals surface area contributed by atoms with Gasteiger partial charge in [0.15, 0.2) is 6.73 Å². The largest absolute Gasteiger partial charge is 0.332 e. The molecule has 0 fully saturated rings. The standard InChI is InChI=1S/C10H24NO.C4H10/c1-5-7-8-9-12-10-11(3,4)6-2;1-4(2)3/h5-10H2,1-4H3;4H,1-3H3/q+1;. The minimum absolute atomic E-state index is 0.833. The molecule has 0 heterocycles. The lowest BCUT2D eigenvalue weighted by Gasteiger charge is -2.27. The molecule has 0 unspecified atom stereocenters. The van der Waals surface area contributed by atoms with Crippen molar-refractivity contribution in [2.75, 3.05) is 34.0 Å². The fourth-order valence-electron chi connectivity index (χ4n) is 0.857. The summed E-state index contributed by atoms with van der Waals surface area (Å²) < 4.78 is 6.53. The van der Waals surface area contributed by atoms with Crippen LogP contribution in [0.5, 0.6) is 0 Å². The molecule has 0 aromatic rings. The van der Waals surface area contributed by atoms with Crippen LogP contribution in [-0.4, -0.2) is 38.5 Å². The van der Waals surface area contributed by atoms with Crippen LogP contribution in [-0.2, 0) is 4.74 Å². The normalized spacial score (nSPS) is 11.2. The Kier molecular flexibility index (Phi) is 13.0. The maximum absolute atomic E-state index is 5.56.